The van der Waals surface area contributed by atoms with Crippen molar-refractivity contribution in [2.24, 2.45) is 5.73 Å². The standard InChI is InChI=1S/C24H35NO8/c1-6-9-10-23(28)30-15(4)16(5)31-24(29)18(25)13-17-11-12-19(32-21(26)7-2)20(14-17)33-22(27)8-3/h11-12,14-16,18H,6-10,13,25H2,1-5H3/t15-,16-,18-/m0/s1. The predicted octanol–water partition coefficient (Wildman–Crippen LogP) is 3.24. The van der Waals surface area contributed by atoms with Crippen LogP contribution in [-0.2, 0) is 35.1 Å². The first-order valence-electron chi connectivity index (χ1n) is 11.3. The van der Waals surface area contributed by atoms with Crippen LogP contribution in [0.1, 0.15) is 72.3 Å². The predicted molar refractivity (Wildman–Crippen MR) is 121 cm³/mol. The summed E-state index contributed by atoms with van der Waals surface area (Å²) in [6.45, 7) is 8.54. The van der Waals surface area contributed by atoms with Gasteiger partial charge in [-0.15, -0.1) is 0 Å². The largest absolute Gasteiger partial charge is 0.459 e. The number of carbonyl (C=O) groups is 4. The molecule has 0 spiro atoms. The minimum Gasteiger partial charge on any atom is -0.459 e. The SMILES string of the molecule is CCCCC(=O)O[C@@H](C)[C@H](C)OC(=O)[C@@H](N)Cc1ccc(OC(=O)CC)c(OC(=O)CC)c1. The highest BCUT2D eigenvalue weighted by Crippen LogP contribution is 2.30. The summed E-state index contributed by atoms with van der Waals surface area (Å²) < 4.78 is 21.1. The Morgan fingerprint density at radius 1 is 0.848 bits per heavy atom. The second-order valence-corrected chi connectivity index (χ2v) is 7.69. The normalized spacial score (nSPS) is 13.4. The lowest BCUT2D eigenvalue weighted by Crippen LogP contribution is -2.39. The van der Waals surface area contributed by atoms with E-state index in [0.717, 1.165) is 12.8 Å². The molecule has 0 heterocycles. The molecule has 0 aliphatic heterocycles. The van der Waals surface area contributed by atoms with Crippen molar-refractivity contribution < 1.29 is 38.1 Å². The Morgan fingerprint density at radius 3 is 2.00 bits per heavy atom. The molecule has 0 aromatic heterocycles. The molecule has 9 heteroatoms. The van der Waals surface area contributed by atoms with E-state index in [1.54, 1.807) is 33.8 Å². The van der Waals surface area contributed by atoms with Gasteiger partial charge in [-0.1, -0.05) is 33.3 Å². The summed E-state index contributed by atoms with van der Waals surface area (Å²) in [6, 6.07) is 3.60. The van der Waals surface area contributed by atoms with Gasteiger partial charge in [0.05, 0.1) is 0 Å². The number of hydrogen-bond acceptors (Lipinski definition) is 9. The van der Waals surface area contributed by atoms with E-state index in [-0.39, 0.29) is 36.7 Å². The number of esters is 4. The molecule has 0 fully saturated rings. The Labute approximate surface area is 194 Å². The van der Waals surface area contributed by atoms with Crippen molar-refractivity contribution in [3.8, 4) is 11.5 Å². The van der Waals surface area contributed by atoms with Crippen molar-refractivity contribution in [2.45, 2.75) is 91.4 Å². The molecule has 2 N–H and O–H groups in total. The average Bonchev–Trinajstić information content (AvgIpc) is 2.78. The van der Waals surface area contributed by atoms with Crippen LogP contribution in [-0.4, -0.2) is 42.1 Å². The molecule has 33 heavy (non-hydrogen) atoms. The fraction of sp³-hybridized carbons (Fsp3) is 0.583. The fourth-order valence-corrected chi connectivity index (χ4v) is 2.62. The van der Waals surface area contributed by atoms with E-state index < -0.39 is 36.2 Å². The molecule has 1 aromatic rings. The first kappa shape index (κ1) is 28.1. The summed E-state index contributed by atoms with van der Waals surface area (Å²) >= 11 is 0. The lowest BCUT2D eigenvalue weighted by molar-refractivity contribution is -0.166. The molecule has 0 saturated heterocycles. The van der Waals surface area contributed by atoms with Gasteiger partial charge in [-0.05, 0) is 44.4 Å². The zero-order valence-corrected chi connectivity index (χ0v) is 20.1. The zero-order valence-electron chi connectivity index (χ0n) is 20.1. The Balaban J connectivity index is 2.79. The summed E-state index contributed by atoms with van der Waals surface area (Å²) in [4.78, 5) is 47.6. The third-order valence-electron chi connectivity index (χ3n) is 4.81. The van der Waals surface area contributed by atoms with E-state index in [4.69, 9.17) is 24.7 Å². The number of nitrogens with two attached hydrogens (primary N) is 1. The van der Waals surface area contributed by atoms with Crippen molar-refractivity contribution in [1.29, 1.82) is 0 Å². The van der Waals surface area contributed by atoms with Crippen LogP contribution in [0.5, 0.6) is 11.5 Å². The fourth-order valence-electron chi connectivity index (χ4n) is 2.62. The molecule has 0 unspecified atom stereocenters. The first-order chi connectivity index (χ1) is 15.6. The monoisotopic (exact) mass is 465 g/mol. The van der Waals surface area contributed by atoms with E-state index in [0.29, 0.717) is 12.0 Å². The first-order valence-corrected chi connectivity index (χ1v) is 11.3. The highest BCUT2D eigenvalue weighted by Gasteiger charge is 2.24. The van der Waals surface area contributed by atoms with Gasteiger partial charge in [0.25, 0.3) is 0 Å². The van der Waals surface area contributed by atoms with Crippen LogP contribution in [0, 0.1) is 0 Å². The second kappa shape index (κ2) is 14.3. The lowest BCUT2D eigenvalue weighted by atomic mass is 10.1. The van der Waals surface area contributed by atoms with Crippen molar-refractivity contribution in [1.82, 2.24) is 0 Å². The minimum absolute atomic E-state index is 0.0719. The number of unbranched alkanes of at least 4 members (excludes halogenated alkanes) is 1. The van der Waals surface area contributed by atoms with Gasteiger partial charge < -0.3 is 24.7 Å². The number of hydrogen-bond donors (Lipinski definition) is 1. The van der Waals surface area contributed by atoms with Crippen LogP contribution < -0.4 is 15.2 Å². The number of ether oxygens (including phenoxy) is 4. The Bertz CT molecular complexity index is 823. The van der Waals surface area contributed by atoms with E-state index in [9.17, 15) is 19.2 Å². The molecule has 0 saturated carbocycles. The molecule has 0 aliphatic rings. The molecule has 1 aromatic carbocycles. The van der Waals surface area contributed by atoms with E-state index in [2.05, 4.69) is 0 Å². The van der Waals surface area contributed by atoms with Crippen LogP contribution in [0.4, 0.5) is 0 Å². The van der Waals surface area contributed by atoms with Gasteiger partial charge in [0, 0.05) is 19.3 Å². The maximum absolute atomic E-state index is 12.4. The molecular formula is C24H35NO8. The highest BCUT2D eigenvalue weighted by atomic mass is 16.6. The molecular weight excluding hydrogens is 430 g/mol. The Hall–Kier alpha value is -2.94. The van der Waals surface area contributed by atoms with Crippen molar-refractivity contribution in [2.75, 3.05) is 0 Å². The van der Waals surface area contributed by atoms with Crippen LogP contribution in [0.25, 0.3) is 0 Å². The third-order valence-corrected chi connectivity index (χ3v) is 4.81. The minimum atomic E-state index is -1.01. The lowest BCUT2D eigenvalue weighted by Gasteiger charge is -2.22. The molecule has 0 aliphatic carbocycles. The van der Waals surface area contributed by atoms with Gasteiger partial charge in [0.15, 0.2) is 11.5 Å². The van der Waals surface area contributed by atoms with Crippen LogP contribution in [0.2, 0.25) is 0 Å². The summed E-state index contributed by atoms with van der Waals surface area (Å²) in [5.74, 6) is -1.79. The highest BCUT2D eigenvalue weighted by molar-refractivity contribution is 5.77. The van der Waals surface area contributed by atoms with Crippen molar-refractivity contribution in [3.05, 3.63) is 23.8 Å². The molecule has 9 nitrogen and oxygen atoms in total. The van der Waals surface area contributed by atoms with Gasteiger partial charge in [0.2, 0.25) is 0 Å². The molecule has 0 radical (unpaired) electrons. The molecule has 1 rings (SSSR count). The summed E-state index contributed by atoms with van der Waals surface area (Å²) in [5, 5.41) is 0. The zero-order chi connectivity index (χ0) is 25.0. The summed E-state index contributed by atoms with van der Waals surface area (Å²) in [7, 11) is 0. The molecule has 0 bridgehead atoms. The third kappa shape index (κ3) is 10.0. The topological polar surface area (TPSA) is 131 Å². The number of benzene rings is 1. The van der Waals surface area contributed by atoms with Crippen molar-refractivity contribution >= 4 is 23.9 Å². The molecule has 3 atom stereocenters. The number of carbonyl (C=O) groups excluding carboxylic acids is 4. The van der Waals surface area contributed by atoms with E-state index in [1.807, 2.05) is 6.92 Å². The number of rotatable bonds is 13. The van der Waals surface area contributed by atoms with Crippen LogP contribution >= 0.6 is 0 Å². The van der Waals surface area contributed by atoms with E-state index in [1.165, 1.54) is 12.1 Å². The van der Waals surface area contributed by atoms with Gasteiger partial charge in [-0.3, -0.25) is 19.2 Å². The summed E-state index contributed by atoms with van der Waals surface area (Å²) in [5.41, 5.74) is 6.59. The van der Waals surface area contributed by atoms with Crippen molar-refractivity contribution in [3.63, 3.8) is 0 Å². The smallest absolute Gasteiger partial charge is 0.323 e. The Kier molecular flexibility index (Phi) is 12.1. The van der Waals surface area contributed by atoms with Gasteiger partial charge >= 0.3 is 23.9 Å². The molecule has 184 valence electrons. The summed E-state index contributed by atoms with van der Waals surface area (Å²) in [6.07, 6.45) is 1.02. The van der Waals surface area contributed by atoms with E-state index >= 15 is 0 Å². The molecule has 0 amide bonds. The quantitative estimate of drug-likeness (QED) is 0.344. The van der Waals surface area contributed by atoms with Gasteiger partial charge in [0.1, 0.15) is 18.2 Å². The maximum atomic E-state index is 12.4. The Morgan fingerprint density at radius 2 is 1.42 bits per heavy atom. The second-order valence-electron chi connectivity index (χ2n) is 7.69. The van der Waals surface area contributed by atoms with Gasteiger partial charge in [-0.2, -0.15) is 0 Å². The van der Waals surface area contributed by atoms with Crippen LogP contribution in [0.3, 0.4) is 0 Å². The average molecular weight is 466 g/mol. The van der Waals surface area contributed by atoms with Crippen LogP contribution in [0.15, 0.2) is 18.2 Å². The maximum Gasteiger partial charge on any atom is 0.323 e. The van der Waals surface area contributed by atoms with Gasteiger partial charge in [-0.25, -0.2) is 0 Å².